The normalized spacial score (nSPS) is 16.6. The predicted octanol–water partition coefficient (Wildman–Crippen LogP) is 1.69. The summed E-state index contributed by atoms with van der Waals surface area (Å²) in [6.07, 6.45) is 4.05. The first-order valence-corrected chi connectivity index (χ1v) is 6.64. The molecule has 100 valence electrons. The minimum atomic E-state index is 0.614. The fraction of sp³-hybridized carbons (Fsp3) is 0.692. The molecule has 1 aliphatic rings. The summed E-state index contributed by atoms with van der Waals surface area (Å²) < 4.78 is 5.13. The molecule has 0 saturated carbocycles. The van der Waals surface area contributed by atoms with Gasteiger partial charge in [0.1, 0.15) is 11.6 Å². The summed E-state index contributed by atoms with van der Waals surface area (Å²) in [5.74, 6) is 2.19. The van der Waals surface area contributed by atoms with Crippen LogP contribution in [0, 0.1) is 6.92 Å². The van der Waals surface area contributed by atoms with E-state index < -0.39 is 0 Å². The van der Waals surface area contributed by atoms with Gasteiger partial charge in [0.25, 0.3) is 0 Å². The van der Waals surface area contributed by atoms with Gasteiger partial charge < -0.3 is 15.0 Å². The van der Waals surface area contributed by atoms with Crippen LogP contribution in [-0.2, 0) is 0 Å². The second-order valence-electron chi connectivity index (χ2n) is 4.67. The molecule has 0 atom stereocenters. The van der Waals surface area contributed by atoms with Crippen LogP contribution in [0.15, 0.2) is 6.07 Å². The van der Waals surface area contributed by atoms with Gasteiger partial charge in [0.05, 0.1) is 7.11 Å². The SMILES string of the molecule is COc1cc(NCCN2CCCCC2)nc(C)n1. The van der Waals surface area contributed by atoms with Crippen LogP contribution in [0.4, 0.5) is 5.82 Å². The fourth-order valence-corrected chi connectivity index (χ4v) is 2.26. The third-order valence-electron chi connectivity index (χ3n) is 3.21. The van der Waals surface area contributed by atoms with Crippen LogP contribution < -0.4 is 10.1 Å². The maximum Gasteiger partial charge on any atom is 0.218 e. The largest absolute Gasteiger partial charge is 0.481 e. The first kappa shape index (κ1) is 13.1. The van der Waals surface area contributed by atoms with Crippen molar-refractivity contribution in [3.8, 4) is 5.88 Å². The highest BCUT2D eigenvalue weighted by atomic mass is 16.5. The van der Waals surface area contributed by atoms with Crippen molar-refractivity contribution in [2.24, 2.45) is 0 Å². The Balaban J connectivity index is 1.80. The van der Waals surface area contributed by atoms with Gasteiger partial charge in [0, 0.05) is 19.2 Å². The van der Waals surface area contributed by atoms with Crippen LogP contribution in [0.25, 0.3) is 0 Å². The zero-order valence-corrected chi connectivity index (χ0v) is 11.3. The monoisotopic (exact) mass is 250 g/mol. The number of nitrogens with zero attached hydrogens (tertiary/aromatic N) is 3. The van der Waals surface area contributed by atoms with Crippen molar-refractivity contribution in [1.82, 2.24) is 14.9 Å². The molecule has 18 heavy (non-hydrogen) atoms. The molecule has 2 heterocycles. The highest BCUT2D eigenvalue weighted by Gasteiger charge is 2.09. The summed E-state index contributed by atoms with van der Waals surface area (Å²) in [6, 6.07) is 1.84. The van der Waals surface area contributed by atoms with Gasteiger partial charge in [-0.15, -0.1) is 0 Å². The topological polar surface area (TPSA) is 50.3 Å². The van der Waals surface area contributed by atoms with Gasteiger partial charge in [-0.05, 0) is 32.9 Å². The number of aromatic nitrogens is 2. The van der Waals surface area contributed by atoms with Crippen molar-refractivity contribution < 1.29 is 4.74 Å². The van der Waals surface area contributed by atoms with E-state index in [1.54, 1.807) is 7.11 Å². The Bertz CT molecular complexity index is 377. The molecule has 1 aromatic rings. The maximum atomic E-state index is 5.13. The number of hydrogen-bond donors (Lipinski definition) is 1. The number of methoxy groups -OCH3 is 1. The van der Waals surface area contributed by atoms with Crippen LogP contribution >= 0.6 is 0 Å². The summed E-state index contributed by atoms with van der Waals surface area (Å²) in [6.45, 7) is 6.32. The lowest BCUT2D eigenvalue weighted by Gasteiger charge is -2.26. The number of piperidine rings is 1. The molecule has 5 heteroatoms. The molecule has 1 N–H and O–H groups in total. The molecule has 2 rings (SSSR count). The molecule has 5 nitrogen and oxygen atoms in total. The number of ether oxygens (including phenoxy) is 1. The first-order valence-electron chi connectivity index (χ1n) is 6.64. The van der Waals surface area contributed by atoms with E-state index in [0.29, 0.717) is 5.88 Å². The zero-order chi connectivity index (χ0) is 12.8. The number of aryl methyl sites for hydroxylation is 1. The Hall–Kier alpha value is -1.36. The van der Waals surface area contributed by atoms with Crippen molar-refractivity contribution in [2.75, 3.05) is 38.6 Å². The lowest BCUT2D eigenvalue weighted by Crippen LogP contribution is -2.33. The molecule has 1 aromatic heterocycles. The second-order valence-corrected chi connectivity index (χ2v) is 4.67. The molecule has 0 aromatic carbocycles. The fourth-order valence-electron chi connectivity index (χ4n) is 2.26. The van der Waals surface area contributed by atoms with Crippen LogP contribution in [-0.4, -0.2) is 48.2 Å². The number of nitrogens with one attached hydrogen (secondary N) is 1. The van der Waals surface area contributed by atoms with Crippen LogP contribution in [0.3, 0.4) is 0 Å². The van der Waals surface area contributed by atoms with Gasteiger partial charge in [-0.2, -0.15) is 4.98 Å². The average Bonchev–Trinajstić information content (AvgIpc) is 2.39. The van der Waals surface area contributed by atoms with E-state index in [2.05, 4.69) is 20.2 Å². The van der Waals surface area contributed by atoms with E-state index >= 15 is 0 Å². The minimum Gasteiger partial charge on any atom is -0.481 e. The Morgan fingerprint density at radius 3 is 2.78 bits per heavy atom. The number of likely N-dealkylation sites (tertiary alicyclic amines) is 1. The van der Waals surface area contributed by atoms with Crippen LogP contribution in [0.1, 0.15) is 25.1 Å². The molecule has 0 radical (unpaired) electrons. The molecule has 1 fully saturated rings. The summed E-state index contributed by atoms with van der Waals surface area (Å²) in [5, 5.41) is 3.33. The molecule has 0 bridgehead atoms. The third-order valence-corrected chi connectivity index (χ3v) is 3.21. The Kier molecular flexibility index (Phi) is 4.75. The zero-order valence-electron chi connectivity index (χ0n) is 11.3. The van der Waals surface area contributed by atoms with Crippen molar-refractivity contribution >= 4 is 5.82 Å². The Labute approximate surface area is 109 Å². The maximum absolute atomic E-state index is 5.13. The standard InChI is InChI=1S/C13H22N4O/c1-11-15-12(10-13(16-11)18-2)14-6-9-17-7-4-3-5-8-17/h10H,3-9H2,1-2H3,(H,14,15,16). The molecule has 0 unspecified atom stereocenters. The smallest absolute Gasteiger partial charge is 0.218 e. The number of anilines is 1. The van der Waals surface area contributed by atoms with Crippen molar-refractivity contribution in [3.05, 3.63) is 11.9 Å². The summed E-state index contributed by atoms with van der Waals surface area (Å²) in [4.78, 5) is 11.0. The third kappa shape index (κ3) is 3.84. The minimum absolute atomic E-state index is 0.614. The quantitative estimate of drug-likeness (QED) is 0.862. The van der Waals surface area contributed by atoms with E-state index in [1.165, 1.54) is 32.4 Å². The predicted molar refractivity (Wildman–Crippen MR) is 72.1 cm³/mol. The van der Waals surface area contributed by atoms with E-state index in [9.17, 15) is 0 Å². The van der Waals surface area contributed by atoms with E-state index in [0.717, 1.165) is 24.7 Å². The van der Waals surface area contributed by atoms with Gasteiger partial charge in [0.2, 0.25) is 5.88 Å². The van der Waals surface area contributed by atoms with Gasteiger partial charge in [-0.1, -0.05) is 6.42 Å². The first-order chi connectivity index (χ1) is 8.78. The number of hydrogen-bond acceptors (Lipinski definition) is 5. The lowest BCUT2D eigenvalue weighted by atomic mass is 10.1. The van der Waals surface area contributed by atoms with Gasteiger partial charge in [-0.3, -0.25) is 0 Å². The Morgan fingerprint density at radius 1 is 1.28 bits per heavy atom. The Morgan fingerprint density at radius 2 is 2.06 bits per heavy atom. The van der Waals surface area contributed by atoms with Crippen LogP contribution in [0.5, 0.6) is 5.88 Å². The molecule has 1 saturated heterocycles. The van der Waals surface area contributed by atoms with E-state index in [4.69, 9.17) is 4.74 Å². The van der Waals surface area contributed by atoms with E-state index in [-0.39, 0.29) is 0 Å². The van der Waals surface area contributed by atoms with Crippen molar-refractivity contribution in [1.29, 1.82) is 0 Å². The van der Waals surface area contributed by atoms with E-state index in [1.807, 2.05) is 13.0 Å². The molecule has 0 spiro atoms. The molecule has 0 amide bonds. The summed E-state index contributed by atoms with van der Waals surface area (Å²) >= 11 is 0. The molecule has 1 aliphatic heterocycles. The summed E-state index contributed by atoms with van der Waals surface area (Å²) in [5.41, 5.74) is 0. The van der Waals surface area contributed by atoms with Gasteiger partial charge in [0.15, 0.2) is 0 Å². The van der Waals surface area contributed by atoms with Crippen LogP contribution in [0.2, 0.25) is 0 Å². The average molecular weight is 250 g/mol. The molecular formula is C13H22N4O. The van der Waals surface area contributed by atoms with Gasteiger partial charge >= 0.3 is 0 Å². The van der Waals surface area contributed by atoms with Crippen molar-refractivity contribution in [2.45, 2.75) is 26.2 Å². The summed E-state index contributed by atoms with van der Waals surface area (Å²) in [7, 11) is 1.62. The highest BCUT2D eigenvalue weighted by Crippen LogP contribution is 2.13. The highest BCUT2D eigenvalue weighted by molar-refractivity contribution is 5.38. The second kappa shape index (κ2) is 6.54. The lowest BCUT2D eigenvalue weighted by molar-refractivity contribution is 0.237. The van der Waals surface area contributed by atoms with Gasteiger partial charge in [-0.25, -0.2) is 4.98 Å². The number of rotatable bonds is 5. The molecular weight excluding hydrogens is 228 g/mol. The molecule has 0 aliphatic carbocycles. The van der Waals surface area contributed by atoms with Crippen molar-refractivity contribution in [3.63, 3.8) is 0 Å².